The van der Waals surface area contributed by atoms with E-state index < -0.39 is 23.8 Å². The number of hydrogen-bond acceptors (Lipinski definition) is 6. The number of hydrogen-bond donors (Lipinski definition) is 3. The van der Waals surface area contributed by atoms with Crippen molar-refractivity contribution < 1.29 is 22.8 Å². The summed E-state index contributed by atoms with van der Waals surface area (Å²) in [5.74, 6) is 2.56. The highest BCUT2D eigenvalue weighted by atomic mass is 32.2. The summed E-state index contributed by atoms with van der Waals surface area (Å²) in [7, 11) is 0. The number of anilines is 1. The number of nitrogens with zero attached hydrogens (tertiary/aromatic N) is 3. The Bertz CT molecular complexity index is 759. The molecule has 0 fully saturated rings. The Hall–Kier alpha value is -2.76. The minimum atomic E-state index is -4.73. The Morgan fingerprint density at radius 1 is 1.21 bits per heavy atom. The summed E-state index contributed by atoms with van der Waals surface area (Å²) in [6, 6.07) is 5.79. The number of halogens is 3. The van der Waals surface area contributed by atoms with Crippen LogP contribution in [0.5, 0.6) is 0 Å². The molecule has 0 bridgehead atoms. The summed E-state index contributed by atoms with van der Waals surface area (Å²) < 4.78 is 37.8. The summed E-state index contributed by atoms with van der Waals surface area (Å²) >= 11 is 0.698. The zero-order valence-electron chi connectivity index (χ0n) is 11.9. The molecule has 0 aliphatic carbocycles. The van der Waals surface area contributed by atoms with E-state index in [1.54, 1.807) is 0 Å². The minimum absolute atomic E-state index is 0.231. The van der Waals surface area contributed by atoms with E-state index in [-0.39, 0.29) is 21.1 Å². The van der Waals surface area contributed by atoms with E-state index in [0.717, 1.165) is 0 Å². The average Bonchev–Trinajstić information content (AvgIpc) is 2.86. The van der Waals surface area contributed by atoms with Crippen molar-refractivity contribution in [1.82, 2.24) is 14.9 Å². The lowest BCUT2D eigenvalue weighted by atomic mass is 10.2. The molecule has 2 rings (SSSR count). The summed E-state index contributed by atoms with van der Waals surface area (Å²) in [6.07, 6.45) is -4.73. The van der Waals surface area contributed by atoms with E-state index in [1.165, 1.54) is 24.3 Å². The van der Waals surface area contributed by atoms with Crippen LogP contribution in [0.1, 0.15) is 16.2 Å². The topological polar surface area (TPSA) is 129 Å². The zero-order chi connectivity index (χ0) is 17.9. The normalized spacial score (nSPS) is 11.3. The first-order chi connectivity index (χ1) is 11.2. The average molecular weight is 360 g/mol. The third-order valence-corrected chi connectivity index (χ3v) is 3.65. The third kappa shape index (κ3) is 4.16. The van der Waals surface area contributed by atoms with E-state index >= 15 is 0 Å². The van der Waals surface area contributed by atoms with Gasteiger partial charge in [0.1, 0.15) is 0 Å². The van der Waals surface area contributed by atoms with E-state index in [4.69, 9.17) is 11.6 Å². The van der Waals surface area contributed by atoms with Gasteiger partial charge in [0.25, 0.3) is 5.82 Å². The number of nitrogen functional groups attached to an aromatic ring is 1. The van der Waals surface area contributed by atoms with Crippen LogP contribution in [0.2, 0.25) is 0 Å². The van der Waals surface area contributed by atoms with Crippen LogP contribution < -0.4 is 16.9 Å². The van der Waals surface area contributed by atoms with E-state index in [0.29, 0.717) is 17.4 Å². The van der Waals surface area contributed by atoms with Gasteiger partial charge < -0.3 is 16.9 Å². The molecule has 1 aromatic carbocycles. The van der Waals surface area contributed by atoms with Crippen LogP contribution in [0.15, 0.2) is 29.4 Å². The monoisotopic (exact) mass is 360 g/mol. The number of amides is 2. The molecule has 0 radical (unpaired) electrons. The number of primary amides is 1. The molecule has 0 aliphatic heterocycles. The number of aromatic nitrogens is 3. The Morgan fingerprint density at radius 3 is 2.33 bits per heavy atom. The minimum Gasteiger partial charge on any atom is -0.366 e. The molecular weight excluding hydrogens is 349 g/mol. The van der Waals surface area contributed by atoms with Crippen molar-refractivity contribution in [3.8, 4) is 0 Å². The smallest absolute Gasteiger partial charge is 0.366 e. The molecule has 0 unspecified atom stereocenters. The number of nitrogens with two attached hydrogens (primary N) is 2. The second kappa shape index (κ2) is 6.78. The van der Waals surface area contributed by atoms with Gasteiger partial charge in [-0.1, -0.05) is 11.8 Å². The maximum Gasteiger partial charge on any atom is 0.453 e. The van der Waals surface area contributed by atoms with Crippen molar-refractivity contribution in [3.63, 3.8) is 0 Å². The molecule has 24 heavy (non-hydrogen) atoms. The predicted molar refractivity (Wildman–Crippen MR) is 79.5 cm³/mol. The highest BCUT2D eigenvalue weighted by Crippen LogP contribution is 2.28. The maximum absolute atomic E-state index is 12.5. The fourth-order valence-corrected chi connectivity index (χ4v) is 2.27. The summed E-state index contributed by atoms with van der Waals surface area (Å²) in [4.78, 5) is 22.7. The summed E-state index contributed by atoms with van der Waals surface area (Å²) in [6.45, 7) is 0. The molecule has 1 aromatic heterocycles. The molecule has 0 saturated carbocycles. The van der Waals surface area contributed by atoms with Crippen LogP contribution in [0, 0.1) is 0 Å². The van der Waals surface area contributed by atoms with Gasteiger partial charge in [-0.05, 0) is 24.3 Å². The molecule has 12 heteroatoms. The van der Waals surface area contributed by atoms with E-state index in [1.807, 2.05) is 0 Å². The Kier molecular flexibility index (Phi) is 4.97. The number of alkyl halides is 3. The Morgan fingerprint density at radius 2 is 1.83 bits per heavy atom. The molecule has 0 saturated heterocycles. The van der Waals surface area contributed by atoms with Gasteiger partial charge in [-0.2, -0.15) is 13.2 Å². The zero-order valence-corrected chi connectivity index (χ0v) is 12.7. The van der Waals surface area contributed by atoms with Crippen molar-refractivity contribution in [2.45, 2.75) is 11.3 Å². The quantitative estimate of drug-likeness (QED) is 0.535. The van der Waals surface area contributed by atoms with Crippen LogP contribution in [0.4, 0.5) is 18.9 Å². The van der Waals surface area contributed by atoms with Gasteiger partial charge in [-0.15, -0.1) is 10.2 Å². The second-order valence-electron chi connectivity index (χ2n) is 4.45. The SMILES string of the molecule is NC(=O)c1ccc(NC(=O)CSc2nnc(C(F)(F)F)n2N)cc1. The number of benzene rings is 1. The first-order valence-corrected chi connectivity index (χ1v) is 7.27. The second-order valence-corrected chi connectivity index (χ2v) is 5.39. The molecule has 8 nitrogen and oxygen atoms in total. The highest BCUT2D eigenvalue weighted by Gasteiger charge is 2.38. The maximum atomic E-state index is 12.5. The number of nitrogens with one attached hydrogen (secondary N) is 1. The van der Waals surface area contributed by atoms with Crippen molar-refractivity contribution in [1.29, 1.82) is 0 Å². The van der Waals surface area contributed by atoms with Gasteiger partial charge in [0.15, 0.2) is 0 Å². The van der Waals surface area contributed by atoms with Gasteiger partial charge in [-0.3, -0.25) is 9.59 Å². The lowest BCUT2D eigenvalue weighted by molar-refractivity contribution is -0.146. The van der Waals surface area contributed by atoms with Crippen LogP contribution >= 0.6 is 11.8 Å². The largest absolute Gasteiger partial charge is 0.453 e. The predicted octanol–water partition coefficient (Wildman–Crippen LogP) is 0.840. The summed E-state index contributed by atoms with van der Waals surface area (Å²) in [5, 5.41) is 8.49. The fourth-order valence-electron chi connectivity index (χ4n) is 1.61. The van der Waals surface area contributed by atoms with Crippen LogP contribution in [-0.2, 0) is 11.0 Å². The van der Waals surface area contributed by atoms with Gasteiger partial charge in [0.2, 0.25) is 17.0 Å². The fraction of sp³-hybridized carbons (Fsp3) is 0.167. The number of rotatable bonds is 5. The molecule has 2 aromatic rings. The molecular formula is C12H11F3N6O2S. The number of carbonyl (C=O) groups is 2. The van der Waals surface area contributed by atoms with E-state index in [2.05, 4.69) is 15.5 Å². The van der Waals surface area contributed by atoms with Crippen LogP contribution in [0.25, 0.3) is 0 Å². The molecule has 0 atom stereocenters. The van der Waals surface area contributed by atoms with Crippen LogP contribution in [-0.4, -0.2) is 32.4 Å². The van der Waals surface area contributed by atoms with Crippen molar-refractivity contribution >= 4 is 29.3 Å². The molecule has 2 amide bonds. The summed E-state index contributed by atoms with van der Waals surface area (Å²) in [5.41, 5.74) is 5.76. The van der Waals surface area contributed by atoms with Gasteiger partial charge >= 0.3 is 6.18 Å². The molecule has 128 valence electrons. The Labute approximate surface area is 137 Å². The molecule has 0 spiro atoms. The number of carbonyl (C=O) groups excluding carboxylic acids is 2. The van der Waals surface area contributed by atoms with Crippen molar-refractivity contribution in [3.05, 3.63) is 35.7 Å². The first kappa shape index (κ1) is 17.6. The van der Waals surface area contributed by atoms with E-state index in [9.17, 15) is 22.8 Å². The lowest BCUT2D eigenvalue weighted by Gasteiger charge is -2.07. The molecule has 0 aliphatic rings. The van der Waals surface area contributed by atoms with Crippen molar-refractivity contribution in [2.75, 3.05) is 16.9 Å². The van der Waals surface area contributed by atoms with Crippen molar-refractivity contribution in [2.24, 2.45) is 5.73 Å². The van der Waals surface area contributed by atoms with Crippen LogP contribution in [0.3, 0.4) is 0 Å². The lowest BCUT2D eigenvalue weighted by Crippen LogP contribution is -2.22. The Balaban J connectivity index is 1.94. The highest BCUT2D eigenvalue weighted by molar-refractivity contribution is 7.99. The number of thioether (sulfide) groups is 1. The molecule has 5 N–H and O–H groups in total. The molecule has 1 heterocycles. The van der Waals surface area contributed by atoms with Gasteiger partial charge in [0, 0.05) is 11.3 Å². The van der Waals surface area contributed by atoms with Gasteiger partial charge in [-0.25, -0.2) is 4.68 Å². The standard InChI is InChI=1S/C12H11F3N6O2S/c13-12(14,15)10-19-20-11(21(10)17)24-5-8(22)18-7-3-1-6(2-4-7)9(16)23/h1-4H,5,17H2,(H2,16,23)(H,18,22). The first-order valence-electron chi connectivity index (χ1n) is 6.28. The third-order valence-electron chi connectivity index (χ3n) is 2.70. The van der Waals surface area contributed by atoms with Gasteiger partial charge in [0.05, 0.1) is 5.75 Å².